The molecule has 19 heavy (non-hydrogen) atoms. The van der Waals surface area contributed by atoms with Crippen LogP contribution in [0.2, 0.25) is 0 Å². The number of benzene rings is 1. The molecule has 0 atom stereocenters. The van der Waals surface area contributed by atoms with Crippen LogP contribution < -0.4 is 4.74 Å². The molecule has 0 fully saturated rings. The summed E-state index contributed by atoms with van der Waals surface area (Å²) in [7, 11) is 1.30. The Hall–Kier alpha value is -1.95. The third-order valence-electron chi connectivity index (χ3n) is 2.41. The molecule has 0 spiro atoms. The van der Waals surface area contributed by atoms with Crippen LogP contribution in [-0.4, -0.2) is 24.1 Å². The second kappa shape index (κ2) is 5.79. The molecule has 6 heteroatoms. The van der Waals surface area contributed by atoms with Gasteiger partial charge in [-0.15, -0.1) is 0 Å². The molecule has 100 valence electrons. The number of hydrogen-bond acceptors (Lipinski definition) is 5. The highest BCUT2D eigenvalue weighted by molar-refractivity contribution is 7.09. The fourth-order valence-corrected chi connectivity index (χ4v) is 2.33. The minimum Gasteiger partial charge on any atom is -0.493 e. The van der Waals surface area contributed by atoms with E-state index in [4.69, 9.17) is 4.74 Å². The molecule has 0 amide bonds. The van der Waals surface area contributed by atoms with E-state index in [0.29, 0.717) is 17.9 Å². The first-order valence-electron chi connectivity index (χ1n) is 5.63. The van der Waals surface area contributed by atoms with E-state index in [1.807, 2.05) is 6.92 Å². The van der Waals surface area contributed by atoms with E-state index in [2.05, 4.69) is 9.11 Å². The molecule has 0 saturated heterocycles. The van der Waals surface area contributed by atoms with Gasteiger partial charge in [0.2, 0.25) is 0 Å². The van der Waals surface area contributed by atoms with Crippen LogP contribution in [0.1, 0.15) is 17.4 Å². The number of hydrogen-bond donors (Lipinski definition) is 0. The van der Waals surface area contributed by atoms with Crippen LogP contribution >= 0.6 is 11.5 Å². The average molecular weight is 281 g/mol. The van der Waals surface area contributed by atoms with Gasteiger partial charge in [-0.3, -0.25) is 0 Å². The van der Waals surface area contributed by atoms with Gasteiger partial charge in [0.25, 0.3) is 0 Å². The fraction of sp³-hybridized carbons (Fsp3) is 0.231. The highest BCUT2D eigenvalue weighted by atomic mass is 32.1. The van der Waals surface area contributed by atoms with Crippen LogP contribution in [0.5, 0.6) is 5.75 Å². The first-order valence-corrected chi connectivity index (χ1v) is 6.40. The van der Waals surface area contributed by atoms with E-state index < -0.39 is 5.97 Å². The van der Waals surface area contributed by atoms with Crippen LogP contribution in [0, 0.1) is 5.82 Å². The smallest absolute Gasteiger partial charge is 0.357 e. The predicted octanol–water partition coefficient (Wildman–Crippen LogP) is 3.13. The molecule has 0 N–H and O–H groups in total. The van der Waals surface area contributed by atoms with Crippen LogP contribution in [0.25, 0.3) is 10.4 Å². The lowest BCUT2D eigenvalue weighted by molar-refractivity contribution is 0.0595. The molecule has 0 radical (unpaired) electrons. The van der Waals surface area contributed by atoms with Gasteiger partial charge in [0.05, 0.1) is 18.6 Å². The molecule has 1 heterocycles. The highest BCUT2D eigenvalue weighted by Gasteiger charge is 2.15. The summed E-state index contributed by atoms with van der Waals surface area (Å²) in [5, 5.41) is 0. The van der Waals surface area contributed by atoms with Gasteiger partial charge in [-0.05, 0) is 36.7 Å². The number of halogens is 1. The number of carbonyl (C=O) groups excluding carboxylic acids is 1. The van der Waals surface area contributed by atoms with E-state index in [0.717, 1.165) is 16.4 Å². The van der Waals surface area contributed by atoms with Crippen molar-refractivity contribution >= 4 is 17.5 Å². The summed E-state index contributed by atoms with van der Waals surface area (Å²) in [5.41, 5.74) is 0.935. The van der Waals surface area contributed by atoms with Crippen molar-refractivity contribution in [3.05, 3.63) is 35.8 Å². The summed E-state index contributed by atoms with van der Waals surface area (Å²) in [6.07, 6.45) is 0. The van der Waals surface area contributed by atoms with Gasteiger partial charge >= 0.3 is 5.97 Å². The summed E-state index contributed by atoms with van der Waals surface area (Å²) in [5.74, 6) is -0.435. The van der Waals surface area contributed by atoms with Crippen LogP contribution in [-0.2, 0) is 4.74 Å². The van der Waals surface area contributed by atoms with Gasteiger partial charge in [0.15, 0.2) is 5.69 Å². The number of aromatic nitrogens is 1. The van der Waals surface area contributed by atoms with Gasteiger partial charge in [0, 0.05) is 11.6 Å². The number of carbonyl (C=O) groups is 1. The Labute approximate surface area is 114 Å². The first kappa shape index (κ1) is 13.5. The van der Waals surface area contributed by atoms with Gasteiger partial charge in [-0.2, -0.15) is 4.37 Å². The summed E-state index contributed by atoms with van der Waals surface area (Å²) < 4.78 is 27.2. The summed E-state index contributed by atoms with van der Waals surface area (Å²) in [4.78, 5) is 12.1. The molecule has 0 saturated carbocycles. The van der Waals surface area contributed by atoms with E-state index in [1.165, 1.54) is 19.2 Å². The van der Waals surface area contributed by atoms with Crippen LogP contribution in [0.3, 0.4) is 0 Å². The molecular weight excluding hydrogens is 269 g/mol. The van der Waals surface area contributed by atoms with E-state index in [9.17, 15) is 9.18 Å². The molecule has 1 aromatic heterocycles. The van der Waals surface area contributed by atoms with Gasteiger partial charge in [-0.1, -0.05) is 0 Å². The first-order chi connectivity index (χ1) is 9.15. The van der Waals surface area contributed by atoms with Gasteiger partial charge in [-0.25, -0.2) is 9.18 Å². The Balaban J connectivity index is 2.40. The third kappa shape index (κ3) is 2.90. The number of nitrogens with zero attached hydrogens (tertiary/aromatic N) is 1. The Kier molecular flexibility index (Phi) is 4.11. The van der Waals surface area contributed by atoms with Gasteiger partial charge in [0.1, 0.15) is 11.6 Å². The molecular formula is C13H12FNO3S. The van der Waals surface area contributed by atoms with Crippen molar-refractivity contribution in [1.29, 1.82) is 0 Å². The predicted molar refractivity (Wildman–Crippen MR) is 70.0 cm³/mol. The minimum atomic E-state index is -0.498. The molecule has 0 aliphatic rings. The monoisotopic (exact) mass is 281 g/mol. The van der Waals surface area contributed by atoms with Crippen molar-refractivity contribution in [2.45, 2.75) is 6.92 Å². The zero-order valence-corrected chi connectivity index (χ0v) is 11.3. The molecule has 2 rings (SSSR count). The Morgan fingerprint density at radius 3 is 2.89 bits per heavy atom. The second-order valence-corrected chi connectivity index (χ2v) is 4.45. The Morgan fingerprint density at radius 1 is 1.42 bits per heavy atom. The highest BCUT2D eigenvalue weighted by Crippen LogP contribution is 2.33. The molecule has 0 bridgehead atoms. The number of rotatable bonds is 4. The van der Waals surface area contributed by atoms with Crippen molar-refractivity contribution in [2.75, 3.05) is 13.7 Å². The van der Waals surface area contributed by atoms with Crippen molar-refractivity contribution < 1.29 is 18.7 Å². The lowest BCUT2D eigenvalue weighted by Gasteiger charge is -2.08. The molecule has 2 aromatic rings. The topological polar surface area (TPSA) is 48.4 Å². The molecule has 0 unspecified atom stereocenters. The Morgan fingerprint density at radius 2 is 2.21 bits per heavy atom. The number of methoxy groups -OCH3 is 1. The van der Waals surface area contributed by atoms with E-state index >= 15 is 0 Å². The standard InChI is InChI=1S/C13H12FNO3S/c1-3-18-11-6-8(14)4-5-9(11)12-7-10(15-19-12)13(16)17-2/h4-7H,3H2,1-2H3. The van der Waals surface area contributed by atoms with Crippen molar-refractivity contribution in [2.24, 2.45) is 0 Å². The minimum absolute atomic E-state index is 0.231. The maximum Gasteiger partial charge on any atom is 0.357 e. The molecule has 4 nitrogen and oxygen atoms in total. The zero-order valence-electron chi connectivity index (χ0n) is 10.5. The van der Waals surface area contributed by atoms with E-state index in [1.54, 1.807) is 12.1 Å². The maximum atomic E-state index is 13.2. The van der Waals surface area contributed by atoms with Crippen molar-refractivity contribution in [1.82, 2.24) is 4.37 Å². The largest absolute Gasteiger partial charge is 0.493 e. The van der Waals surface area contributed by atoms with E-state index in [-0.39, 0.29) is 11.5 Å². The molecule has 0 aliphatic heterocycles. The Bertz CT molecular complexity index is 597. The van der Waals surface area contributed by atoms with Crippen LogP contribution in [0.4, 0.5) is 4.39 Å². The lowest BCUT2D eigenvalue weighted by Crippen LogP contribution is -2.00. The molecule has 0 aliphatic carbocycles. The van der Waals surface area contributed by atoms with Gasteiger partial charge < -0.3 is 9.47 Å². The third-order valence-corrected chi connectivity index (χ3v) is 3.24. The molecule has 1 aromatic carbocycles. The number of ether oxygens (including phenoxy) is 2. The van der Waals surface area contributed by atoms with Crippen molar-refractivity contribution in [3.63, 3.8) is 0 Å². The number of esters is 1. The quantitative estimate of drug-likeness (QED) is 0.808. The SMILES string of the molecule is CCOc1cc(F)ccc1-c1cc(C(=O)OC)ns1. The summed E-state index contributed by atoms with van der Waals surface area (Å²) in [6.45, 7) is 2.25. The maximum absolute atomic E-state index is 13.2. The summed E-state index contributed by atoms with van der Waals surface area (Å²) >= 11 is 1.14. The summed E-state index contributed by atoms with van der Waals surface area (Å²) in [6, 6.07) is 5.87. The lowest BCUT2D eigenvalue weighted by atomic mass is 10.1. The van der Waals surface area contributed by atoms with Crippen LogP contribution in [0.15, 0.2) is 24.3 Å². The normalized spacial score (nSPS) is 10.3. The zero-order chi connectivity index (χ0) is 13.8. The average Bonchev–Trinajstić information content (AvgIpc) is 2.88. The fourth-order valence-electron chi connectivity index (χ4n) is 1.58. The second-order valence-electron chi connectivity index (χ2n) is 3.64. The van der Waals surface area contributed by atoms with Crippen molar-refractivity contribution in [3.8, 4) is 16.2 Å².